The Balaban J connectivity index is 2.08. The van der Waals surface area contributed by atoms with Gasteiger partial charge in [-0.3, -0.25) is 0 Å². The van der Waals surface area contributed by atoms with E-state index in [0.29, 0.717) is 22.7 Å². The van der Waals surface area contributed by atoms with Gasteiger partial charge in [-0.2, -0.15) is 0 Å². The lowest BCUT2D eigenvalue weighted by Crippen LogP contribution is -2.45. The minimum atomic E-state index is -0.132. The number of hydrogen-bond donors (Lipinski definition) is 0. The molecule has 0 aromatic heterocycles. The van der Waals surface area contributed by atoms with Crippen LogP contribution in [0.4, 0.5) is 0 Å². The molecule has 250 valence electrons. The first kappa shape index (κ1) is 39.6. The molecule has 1 unspecified atom stereocenters. The fourth-order valence-electron chi connectivity index (χ4n) is 6.00. The Labute approximate surface area is 268 Å². The Morgan fingerprint density at radius 3 is 1.72 bits per heavy atom. The number of aryl methyl sites for hydroxylation is 1. The molecule has 1 atom stereocenters. The van der Waals surface area contributed by atoms with E-state index < -0.39 is 0 Å². The summed E-state index contributed by atoms with van der Waals surface area (Å²) in [6.07, 6.45) is 23.1. The molecule has 0 heterocycles. The lowest BCUT2D eigenvalue weighted by molar-refractivity contribution is -0.883. The van der Waals surface area contributed by atoms with Crippen LogP contribution >= 0.6 is 0 Å². The van der Waals surface area contributed by atoms with Crippen molar-refractivity contribution >= 4 is 5.97 Å². The van der Waals surface area contributed by atoms with Crippen LogP contribution < -0.4 is 4.74 Å². The van der Waals surface area contributed by atoms with Gasteiger partial charge in [0.05, 0.1) is 20.6 Å². The van der Waals surface area contributed by atoms with Crippen molar-refractivity contribution in [3.63, 3.8) is 0 Å². The Kier molecular flexibility index (Phi) is 21.2. The minimum Gasteiger partial charge on any atom is -0.422 e. The second-order valence-corrected chi connectivity index (χ2v) is 14.8. The number of nitrogens with zero attached hydrogens (tertiary/aromatic N) is 3. The zero-order valence-electron chi connectivity index (χ0n) is 30.2. The fourth-order valence-corrected chi connectivity index (χ4v) is 6.00. The summed E-state index contributed by atoms with van der Waals surface area (Å²) >= 11 is 0. The second-order valence-electron chi connectivity index (χ2n) is 14.8. The first-order chi connectivity index (χ1) is 20.4. The van der Waals surface area contributed by atoms with Crippen LogP contribution in [0, 0.1) is 6.92 Å². The second kappa shape index (κ2) is 23.0. The first-order valence-corrected chi connectivity index (χ1v) is 17.9. The number of likely N-dealkylation sites (N-methyl/N-ethyl adjacent to an activating group) is 1. The van der Waals surface area contributed by atoms with Gasteiger partial charge in [-0.05, 0) is 96.9 Å². The average molecular weight is 603 g/mol. The van der Waals surface area contributed by atoms with Gasteiger partial charge >= 0.3 is 5.97 Å². The van der Waals surface area contributed by atoms with Gasteiger partial charge in [-0.15, -0.1) is 0 Å². The van der Waals surface area contributed by atoms with E-state index in [1.54, 1.807) is 0 Å². The zero-order chi connectivity index (χ0) is 32.1. The van der Waals surface area contributed by atoms with E-state index >= 15 is 0 Å². The quantitative estimate of drug-likeness (QED) is 0.0458. The minimum absolute atomic E-state index is 0.132. The first-order valence-electron chi connectivity index (χ1n) is 17.9. The summed E-state index contributed by atoms with van der Waals surface area (Å²) in [6.45, 7) is 9.00. The third-order valence-corrected chi connectivity index (χ3v) is 9.08. The molecule has 0 aliphatic rings. The molecule has 1 rings (SSSR count). The summed E-state index contributed by atoms with van der Waals surface area (Å²) in [6, 6.07) is 6.96. The molecule has 43 heavy (non-hydrogen) atoms. The standard InChI is InChI=1S/C38H72N3O2/c1-33(2)35-28-27-34(3)37(31-35)43-38(42)32-41(8,9)30-24-20-16-11-10-13-17-21-25-36(40(6)7)26-22-18-14-12-15-19-23-29-39(4)5/h27-28,31,33,36H,10-26,29-30,32H2,1-9H3/q+1. The summed E-state index contributed by atoms with van der Waals surface area (Å²) in [4.78, 5) is 17.5. The number of unbranched alkanes of at least 4 members (excludes halogenated alkanes) is 13. The number of quaternary nitrogens is 1. The molecule has 0 amide bonds. The lowest BCUT2D eigenvalue weighted by Gasteiger charge is -2.28. The Bertz CT molecular complexity index is 850. The maximum Gasteiger partial charge on any atom is 0.367 e. The van der Waals surface area contributed by atoms with Crippen LogP contribution in [0.2, 0.25) is 0 Å². The molecule has 0 radical (unpaired) electrons. The molecular weight excluding hydrogens is 530 g/mol. The summed E-state index contributed by atoms with van der Waals surface area (Å²) < 4.78 is 6.47. The number of benzene rings is 1. The summed E-state index contributed by atoms with van der Waals surface area (Å²) in [5.74, 6) is 0.997. The summed E-state index contributed by atoms with van der Waals surface area (Å²) in [5.41, 5.74) is 2.22. The number of carbonyl (C=O) groups is 1. The molecule has 0 aliphatic carbocycles. The maximum atomic E-state index is 12.7. The average Bonchev–Trinajstić information content (AvgIpc) is 2.92. The Hall–Kier alpha value is -1.43. The SMILES string of the molecule is Cc1ccc(C(C)C)cc1OC(=O)C[N+](C)(C)CCCCCCCCCCC(CCCCCCCCCN(C)C)N(C)C. The number of hydrogen-bond acceptors (Lipinski definition) is 4. The van der Waals surface area contributed by atoms with E-state index in [1.165, 1.54) is 121 Å². The zero-order valence-corrected chi connectivity index (χ0v) is 30.2. The molecule has 0 spiro atoms. The molecule has 0 aliphatic heterocycles. The normalized spacial score (nSPS) is 12.9. The number of rotatable bonds is 26. The van der Waals surface area contributed by atoms with E-state index in [-0.39, 0.29) is 5.97 Å². The Morgan fingerprint density at radius 1 is 0.744 bits per heavy atom. The predicted molar refractivity (Wildman–Crippen MR) is 187 cm³/mol. The smallest absolute Gasteiger partial charge is 0.367 e. The highest BCUT2D eigenvalue weighted by molar-refractivity contribution is 5.74. The lowest BCUT2D eigenvalue weighted by atomic mass is 9.99. The molecule has 5 nitrogen and oxygen atoms in total. The predicted octanol–water partition coefficient (Wildman–Crippen LogP) is 9.22. The van der Waals surface area contributed by atoms with Crippen molar-refractivity contribution in [3.8, 4) is 5.75 Å². The van der Waals surface area contributed by atoms with Crippen molar-refractivity contribution in [1.29, 1.82) is 0 Å². The molecule has 5 heteroatoms. The van der Waals surface area contributed by atoms with E-state index in [1.807, 2.05) is 13.0 Å². The largest absolute Gasteiger partial charge is 0.422 e. The molecule has 0 saturated heterocycles. The van der Waals surface area contributed by atoms with Crippen LogP contribution in [-0.4, -0.2) is 88.2 Å². The molecule has 0 bridgehead atoms. The van der Waals surface area contributed by atoms with Gasteiger partial charge in [0.1, 0.15) is 5.75 Å². The van der Waals surface area contributed by atoms with Gasteiger partial charge in [0.25, 0.3) is 0 Å². The molecule has 0 fully saturated rings. The van der Waals surface area contributed by atoms with Gasteiger partial charge in [0, 0.05) is 6.04 Å². The van der Waals surface area contributed by atoms with Crippen molar-refractivity contribution in [1.82, 2.24) is 9.80 Å². The van der Waals surface area contributed by atoms with E-state index in [2.05, 4.69) is 78.1 Å². The van der Waals surface area contributed by atoms with E-state index in [0.717, 1.165) is 18.2 Å². The Morgan fingerprint density at radius 2 is 1.23 bits per heavy atom. The maximum absolute atomic E-state index is 12.7. The van der Waals surface area contributed by atoms with Crippen molar-refractivity contribution in [3.05, 3.63) is 29.3 Å². The number of ether oxygens (including phenoxy) is 1. The highest BCUT2D eigenvalue weighted by Gasteiger charge is 2.22. The van der Waals surface area contributed by atoms with Crippen LogP contribution in [0.1, 0.15) is 140 Å². The van der Waals surface area contributed by atoms with E-state index in [9.17, 15) is 4.79 Å². The van der Waals surface area contributed by atoms with Crippen LogP contribution in [-0.2, 0) is 4.79 Å². The van der Waals surface area contributed by atoms with Crippen molar-refractivity contribution in [2.45, 2.75) is 142 Å². The van der Waals surface area contributed by atoms with Crippen molar-refractivity contribution < 1.29 is 14.0 Å². The van der Waals surface area contributed by atoms with E-state index in [4.69, 9.17) is 4.74 Å². The number of esters is 1. The van der Waals surface area contributed by atoms with Gasteiger partial charge in [-0.1, -0.05) is 103 Å². The molecular formula is C38H72N3O2+. The van der Waals surface area contributed by atoms with Gasteiger partial charge < -0.3 is 19.0 Å². The van der Waals surface area contributed by atoms with Gasteiger partial charge in [0.2, 0.25) is 0 Å². The van der Waals surface area contributed by atoms with Crippen molar-refractivity contribution in [2.24, 2.45) is 0 Å². The monoisotopic (exact) mass is 603 g/mol. The molecule has 0 saturated carbocycles. The molecule has 1 aromatic carbocycles. The highest BCUT2D eigenvalue weighted by Crippen LogP contribution is 2.25. The van der Waals surface area contributed by atoms with Gasteiger partial charge in [0.15, 0.2) is 6.54 Å². The molecule has 1 aromatic rings. The van der Waals surface area contributed by atoms with Crippen LogP contribution in [0.3, 0.4) is 0 Å². The third-order valence-electron chi connectivity index (χ3n) is 9.08. The van der Waals surface area contributed by atoms with Gasteiger partial charge in [-0.25, -0.2) is 4.79 Å². The van der Waals surface area contributed by atoms with Crippen molar-refractivity contribution in [2.75, 3.05) is 61.9 Å². The topological polar surface area (TPSA) is 32.8 Å². The van der Waals surface area contributed by atoms with Crippen LogP contribution in [0.25, 0.3) is 0 Å². The fraction of sp³-hybridized carbons (Fsp3) is 0.816. The molecule has 0 N–H and O–H groups in total. The third kappa shape index (κ3) is 20.3. The highest BCUT2D eigenvalue weighted by atomic mass is 16.5. The number of carbonyl (C=O) groups excluding carboxylic acids is 1. The van der Waals surface area contributed by atoms with Crippen LogP contribution in [0.5, 0.6) is 5.75 Å². The summed E-state index contributed by atoms with van der Waals surface area (Å²) in [7, 11) is 13.2. The van der Waals surface area contributed by atoms with Crippen LogP contribution in [0.15, 0.2) is 18.2 Å². The summed E-state index contributed by atoms with van der Waals surface area (Å²) in [5, 5.41) is 0.